The standard InChI is InChI=1S/C10H19N5O5S/c1-12-21(18,19)6-3-13-7-8(11)15(4-5-20-2)10(17)14-9(7)16/h12-13H,3-6,11H2,1-2H3,(H,14,16,17). The summed E-state index contributed by atoms with van der Waals surface area (Å²) < 4.78 is 30.7. The number of aromatic amines is 1. The third-order valence-corrected chi connectivity index (χ3v) is 4.11. The molecule has 10 nitrogen and oxygen atoms in total. The smallest absolute Gasteiger partial charge is 0.330 e. The Bertz CT molecular complexity index is 693. The van der Waals surface area contributed by atoms with Crippen molar-refractivity contribution in [3.05, 3.63) is 20.8 Å². The van der Waals surface area contributed by atoms with Crippen LogP contribution in [-0.2, 0) is 21.3 Å². The predicted molar refractivity (Wildman–Crippen MR) is 78.9 cm³/mol. The summed E-state index contributed by atoms with van der Waals surface area (Å²) in [6.07, 6.45) is 0. The van der Waals surface area contributed by atoms with Crippen LogP contribution >= 0.6 is 0 Å². The largest absolute Gasteiger partial charge is 0.383 e. The third kappa shape index (κ3) is 4.58. The van der Waals surface area contributed by atoms with Gasteiger partial charge in [-0.2, -0.15) is 0 Å². The van der Waals surface area contributed by atoms with Gasteiger partial charge in [-0.3, -0.25) is 14.3 Å². The van der Waals surface area contributed by atoms with Crippen LogP contribution in [0.2, 0.25) is 0 Å². The van der Waals surface area contributed by atoms with Gasteiger partial charge in [-0.15, -0.1) is 0 Å². The molecule has 1 aromatic heterocycles. The number of H-pyrrole nitrogens is 1. The molecular formula is C10H19N5O5S. The molecular weight excluding hydrogens is 302 g/mol. The zero-order valence-corrected chi connectivity index (χ0v) is 12.6. The van der Waals surface area contributed by atoms with E-state index in [2.05, 4.69) is 15.0 Å². The number of rotatable bonds is 8. The Morgan fingerprint density at radius 2 is 2.05 bits per heavy atom. The van der Waals surface area contributed by atoms with Crippen molar-refractivity contribution in [1.82, 2.24) is 14.3 Å². The van der Waals surface area contributed by atoms with Gasteiger partial charge in [-0.25, -0.2) is 17.9 Å². The van der Waals surface area contributed by atoms with E-state index >= 15 is 0 Å². The second-order valence-electron chi connectivity index (χ2n) is 4.11. The Labute approximate surface area is 121 Å². The fourth-order valence-electron chi connectivity index (χ4n) is 1.58. The van der Waals surface area contributed by atoms with Gasteiger partial charge >= 0.3 is 5.69 Å². The average Bonchev–Trinajstić information content (AvgIpc) is 2.42. The number of aromatic nitrogens is 2. The highest BCUT2D eigenvalue weighted by atomic mass is 32.2. The Morgan fingerprint density at radius 1 is 1.38 bits per heavy atom. The third-order valence-electron chi connectivity index (χ3n) is 2.74. The minimum absolute atomic E-state index is 0.0288. The van der Waals surface area contributed by atoms with Crippen molar-refractivity contribution in [2.45, 2.75) is 6.54 Å². The predicted octanol–water partition coefficient (Wildman–Crippen LogP) is -2.27. The van der Waals surface area contributed by atoms with Crippen molar-refractivity contribution in [2.75, 3.05) is 44.1 Å². The molecule has 0 radical (unpaired) electrons. The maximum absolute atomic E-state index is 11.7. The lowest BCUT2D eigenvalue weighted by molar-refractivity contribution is 0.186. The number of hydrogen-bond donors (Lipinski definition) is 4. The van der Waals surface area contributed by atoms with Crippen molar-refractivity contribution in [1.29, 1.82) is 0 Å². The van der Waals surface area contributed by atoms with Gasteiger partial charge in [0.05, 0.1) is 18.9 Å². The molecule has 0 aliphatic rings. The van der Waals surface area contributed by atoms with Crippen LogP contribution in [0.25, 0.3) is 0 Å². The van der Waals surface area contributed by atoms with Crippen molar-refractivity contribution < 1.29 is 13.2 Å². The summed E-state index contributed by atoms with van der Waals surface area (Å²) in [6.45, 7) is 0.379. The van der Waals surface area contributed by atoms with Crippen LogP contribution in [0, 0.1) is 0 Å². The average molecular weight is 321 g/mol. The lowest BCUT2D eigenvalue weighted by atomic mass is 10.4. The van der Waals surface area contributed by atoms with E-state index < -0.39 is 21.3 Å². The molecule has 0 amide bonds. The molecule has 21 heavy (non-hydrogen) atoms. The topological polar surface area (TPSA) is 148 Å². The number of methoxy groups -OCH3 is 1. The first-order valence-electron chi connectivity index (χ1n) is 6.09. The zero-order chi connectivity index (χ0) is 16.0. The maximum Gasteiger partial charge on any atom is 0.330 e. The number of nitrogens with two attached hydrogens (primary N) is 1. The molecule has 0 saturated carbocycles. The second-order valence-corrected chi connectivity index (χ2v) is 6.16. The van der Waals surface area contributed by atoms with Crippen molar-refractivity contribution >= 4 is 21.5 Å². The molecule has 0 saturated heterocycles. The molecule has 120 valence electrons. The summed E-state index contributed by atoms with van der Waals surface area (Å²) in [5, 5.41) is 2.63. The first-order valence-corrected chi connectivity index (χ1v) is 7.74. The van der Waals surface area contributed by atoms with Crippen molar-refractivity contribution in [3.63, 3.8) is 0 Å². The zero-order valence-electron chi connectivity index (χ0n) is 11.8. The molecule has 0 aromatic carbocycles. The molecule has 1 rings (SSSR count). The van der Waals surface area contributed by atoms with Crippen LogP contribution in [-0.4, -0.2) is 51.0 Å². The lowest BCUT2D eigenvalue weighted by Gasteiger charge is -2.13. The summed E-state index contributed by atoms with van der Waals surface area (Å²) >= 11 is 0. The van der Waals surface area contributed by atoms with E-state index in [0.29, 0.717) is 0 Å². The first kappa shape index (κ1) is 17.2. The molecule has 0 bridgehead atoms. The summed E-state index contributed by atoms with van der Waals surface area (Å²) in [4.78, 5) is 25.4. The number of anilines is 2. The van der Waals surface area contributed by atoms with Gasteiger partial charge in [0.2, 0.25) is 10.0 Å². The summed E-state index contributed by atoms with van der Waals surface area (Å²) in [5.41, 5.74) is 4.37. The van der Waals surface area contributed by atoms with E-state index in [4.69, 9.17) is 10.5 Å². The number of nitrogens with one attached hydrogen (secondary N) is 3. The van der Waals surface area contributed by atoms with E-state index in [1.807, 2.05) is 0 Å². The Balaban J connectivity index is 2.97. The molecule has 0 spiro atoms. The number of nitrogens with zero attached hydrogens (tertiary/aromatic N) is 1. The highest BCUT2D eigenvalue weighted by Crippen LogP contribution is 2.09. The molecule has 0 atom stereocenters. The van der Waals surface area contributed by atoms with Gasteiger partial charge in [-0.05, 0) is 7.05 Å². The van der Waals surface area contributed by atoms with E-state index in [1.165, 1.54) is 14.2 Å². The second kappa shape index (κ2) is 7.24. The monoisotopic (exact) mass is 321 g/mol. The fraction of sp³-hybridized carbons (Fsp3) is 0.600. The minimum atomic E-state index is -3.40. The Hall–Kier alpha value is -1.85. The number of hydrogen-bond acceptors (Lipinski definition) is 7. The van der Waals surface area contributed by atoms with Crippen LogP contribution in [0.4, 0.5) is 11.5 Å². The van der Waals surface area contributed by atoms with Crippen molar-refractivity contribution in [3.8, 4) is 0 Å². The van der Waals surface area contributed by atoms with Gasteiger partial charge in [0.1, 0.15) is 11.5 Å². The normalized spacial score (nSPS) is 11.5. The molecule has 0 fully saturated rings. The van der Waals surface area contributed by atoms with Crippen LogP contribution in [0.5, 0.6) is 0 Å². The minimum Gasteiger partial charge on any atom is -0.383 e. The van der Waals surface area contributed by atoms with E-state index in [-0.39, 0.29) is 37.0 Å². The number of nitrogen functional groups attached to an aromatic ring is 1. The molecule has 0 unspecified atom stereocenters. The molecule has 5 N–H and O–H groups in total. The SMILES string of the molecule is CNS(=O)(=O)CCNc1c(N)n(CCOC)c(=O)[nH]c1=O. The summed E-state index contributed by atoms with van der Waals surface area (Å²) in [7, 11) is -0.642. The van der Waals surface area contributed by atoms with E-state index in [0.717, 1.165) is 4.57 Å². The number of ether oxygens (including phenoxy) is 1. The molecule has 1 heterocycles. The van der Waals surface area contributed by atoms with E-state index in [1.54, 1.807) is 0 Å². The maximum atomic E-state index is 11.7. The molecule has 1 aromatic rings. The number of sulfonamides is 1. The van der Waals surface area contributed by atoms with Gasteiger partial charge < -0.3 is 15.8 Å². The van der Waals surface area contributed by atoms with Crippen molar-refractivity contribution in [2.24, 2.45) is 0 Å². The van der Waals surface area contributed by atoms with Gasteiger partial charge in [0, 0.05) is 13.7 Å². The van der Waals surface area contributed by atoms with Crippen LogP contribution in [0.15, 0.2) is 9.59 Å². The molecule has 0 aliphatic heterocycles. The van der Waals surface area contributed by atoms with E-state index in [9.17, 15) is 18.0 Å². The Morgan fingerprint density at radius 3 is 2.62 bits per heavy atom. The first-order chi connectivity index (χ1) is 9.82. The summed E-state index contributed by atoms with van der Waals surface area (Å²) in [6, 6.07) is 0. The quantitative estimate of drug-likeness (QED) is 0.422. The van der Waals surface area contributed by atoms with Gasteiger partial charge in [0.25, 0.3) is 5.56 Å². The highest BCUT2D eigenvalue weighted by molar-refractivity contribution is 7.89. The highest BCUT2D eigenvalue weighted by Gasteiger charge is 2.13. The summed E-state index contributed by atoms with van der Waals surface area (Å²) in [5.74, 6) is -0.304. The van der Waals surface area contributed by atoms with Gasteiger partial charge in [0.15, 0.2) is 0 Å². The molecule has 11 heteroatoms. The Kier molecular flexibility index (Phi) is 5.93. The van der Waals surface area contributed by atoms with Gasteiger partial charge in [-0.1, -0.05) is 0 Å². The van der Waals surface area contributed by atoms with Crippen LogP contribution in [0.3, 0.4) is 0 Å². The fourth-order valence-corrected chi connectivity index (χ4v) is 2.15. The molecule has 0 aliphatic carbocycles. The van der Waals surface area contributed by atoms with Crippen LogP contribution < -0.4 is 27.0 Å². The lowest BCUT2D eigenvalue weighted by Crippen LogP contribution is -2.36. The van der Waals surface area contributed by atoms with Crippen LogP contribution in [0.1, 0.15) is 0 Å².